The first kappa shape index (κ1) is 23.5. The van der Waals surface area contributed by atoms with E-state index in [4.69, 9.17) is 4.74 Å². The summed E-state index contributed by atoms with van der Waals surface area (Å²) in [6.07, 6.45) is 1.08. The summed E-state index contributed by atoms with van der Waals surface area (Å²) in [4.78, 5) is 17.0. The van der Waals surface area contributed by atoms with Crippen molar-refractivity contribution in [1.29, 1.82) is 0 Å². The number of rotatable bonds is 8. The predicted octanol–water partition coefficient (Wildman–Crippen LogP) is 6.04. The highest BCUT2D eigenvalue weighted by Gasteiger charge is 2.43. The minimum absolute atomic E-state index is 0.0710. The Morgan fingerprint density at radius 2 is 1.79 bits per heavy atom. The van der Waals surface area contributed by atoms with Gasteiger partial charge >= 0.3 is 6.09 Å². The van der Waals surface area contributed by atoms with Crippen molar-refractivity contribution in [3.8, 4) is 10.4 Å². The molecule has 1 amide bonds. The second-order valence-electron chi connectivity index (χ2n) is 8.67. The lowest BCUT2D eigenvalue weighted by Crippen LogP contribution is -2.48. The van der Waals surface area contributed by atoms with Crippen molar-refractivity contribution in [1.82, 2.24) is 4.90 Å². The van der Waals surface area contributed by atoms with Crippen molar-refractivity contribution in [3.05, 3.63) is 82.7 Å². The lowest BCUT2D eigenvalue weighted by atomic mass is 9.84. The Morgan fingerprint density at radius 1 is 1.06 bits per heavy atom. The van der Waals surface area contributed by atoms with Crippen LogP contribution in [0.15, 0.2) is 66.7 Å². The number of ether oxygens (including phenoxy) is 1. The Balaban J connectivity index is 1.49. The maximum absolute atomic E-state index is 13.1. The summed E-state index contributed by atoms with van der Waals surface area (Å²) in [7, 11) is 0. The van der Waals surface area contributed by atoms with Gasteiger partial charge in [0.15, 0.2) is 0 Å². The zero-order valence-electron chi connectivity index (χ0n) is 19.1. The number of benzene rings is 2. The molecule has 1 fully saturated rings. The maximum atomic E-state index is 13.1. The first-order chi connectivity index (χ1) is 15.9. The van der Waals surface area contributed by atoms with E-state index in [1.807, 2.05) is 49.4 Å². The van der Waals surface area contributed by atoms with Gasteiger partial charge in [-0.3, -0.25) is 0 Å². The molecule has 2 aromatic carbocycles. The fourth-order valence-corrected chi connectivity index (χ4v) is 5.44. The van der Waals surface area contributed by atoms with Crippen LogP contribution in [0.4, 0.5) is 4.79 Å². The molecule has 174 valence electrons. The van der Waals surface area contributed by atoms with Gasteiger partial charge in [-0.15, -0.1) is 11.3 Å². The van der Waals surface area contributed by atoms with E-state index in [0.29, 0.717) is 25.8 Å². The quantitative estimate of drug-likeness (QED) is 0.425. The summed E-state index contributed by atoms with van der Waals surface area (Å²) >= 11 is 1.59. The normalized spacial score (nSPS) is 20.4. The lowest BCUT2D eigenvalue weighted by molar-refractivity contribution is -0.0680. The van der Waals surface area contributed by atoms with E-state index in [1.165, 1.54) is 0 Å². The van der Waals surface area contributed by atoms with E-state index in [0.717, 1.165) is 26.4 Å². The molecule has 1 aliphatic heterocycles. The Labute approximate surface area is 199 Å². The van der Waals surface area contributed by atoms with Crippen molar-refractivity contribution in [3.63, 3.8) is 0 Å². The van der Waals surface area contributed by atoms with Gasteiger partial charge in [-0.25, -0.2) is 4.79 Å². The number of amides is 1. The molecule has 5 nitrogen and oxygen atoms in total. The monoisotopic (exact) mass is 465 g/mol. The minimum Gasteiger partial charge on any atom is -0.438 e. The molecule has 1 aromatic heterocycles. The number of hydrogen-bond acceptors (Lipinski definition) is 5. The SMILES string of the molecule is CC(O)c1ccc(-c2ccc(C(C)N3CCC(CCCO)(c4ccccc4)OC3=O)cc2)s1. The van der Waals surface area contributed by atoms with Gasteiger partial charge in [0.25, 0.3) is 0 Å². The van der Waals surface area contributed by atoms with Crippen LogP contribution in [0.25, 0.3) is 10.4 Å². The molecule has 0 spiro atoms. The lowest BCUT2D eigenvalue weighted by Gasteiger charge is -2.43. The number of carbonyl (C=O) groups is 1. The van der Waals surface area contributed by atoms with E-state index in [1.54, 1.807) is 23.2 Å². The van der Waals surface area contributed by atoms with Gasteiger partial charge in [0.1, 0.15) is 5.60 Å². The minimum atomic E-state index is -0.693. The van der Waals surface area contributed by atoms with E-state index in [2.05, 4.69) is 24.3 Å². The summed E-state index contributed by atoms with van der Waals surface area (Å²) in [6.45, 7) is 4.46. The molecule has 2 heterocycles. The van der Waals surface area contributed by atoms with Crippen LogP contribution < -0.4 is 0 Å². The van der Waals surface area contributed by atoms with Crippen LogP contribution in [-0.2, 0) is 10.3 Å². The molecular formula is C27H31NO4S. The molecule has 6 heteroatoms. The van der Waals surface area contributed by atoms with Gasteiger partial charge in [-0.05, 0) is 55.5 Å². The van der Waals surface area contributed by atoms with Crippen LogP contribution >= 0.6 is 11.3 Å². The standard InChI is InChI=1S/C27H31NO4S/c1-19(21-9-11-22(12-10-21)25-14-13-24(33-25)20(2)30)28-17-16-27(15-6-18-29,32-26(28)31)23-7-4-3-5-8-23/h3-5,7-14,19-20,29-30H,6,15-18H2,1-2H3. The molecule has 1 aliphatic rings. The molecule has 0 saturated carbocycles. The number of aliphatic hydroxyl groups is 2. The summed E-state index contributed by atoms with van der Waals surface area (Å²) in [6, 6.07) is 22.0. The van der Waals surface area contributed by atoms with E-state index in [-0.39, 0.29) is 18.7 Å². The highest BCUT2D eigenvalue weighted by atomic mass is 32.1. The third-order valence-corrected chi connectivity index (χ3v) is 7.80. The van der Waals surface area contributed by atoms with Crippen molar-refractivity contribution in [2.45, 2.75) is 50.9 Å². The van der Waals surface area contributed by atoms with Gasteiger partial charge < -0.3 is 19.8 Å². The molecule has 2 N–H and O–H groups in total. The molecule has 3 aromatic rings. The van der Waals surface area contributed by atoms with E-state index < -0.39 is 11.7 Å². The zero-order chi connectivity index (χ0) is 23.4. The number of cyclic esters (lactones) is 1. The third kappa shape index (κ3) is 4.98. The predicted molar refractivity (Wildman–Crippen MR) is 131 cm³/mol. The Bertz CT molecular complexity index is 1060. The Morgan fingerprint density at radius 3 is 2.39 bits per heavy atom. The van der Waals surface area contributed by atoms with Gasteiger partial charge in [-0.1, -0.05) is 54.6 Å². The fraction of sp³-hybridized carbons (Fsp3) is 0.370. The van der Waals surface area contributed by atoms with Crippen molar-refractivity contribution >= 4 is 17.4 Å². The van der Waals surface area contributed by atoms with Crippen LogP contribution in [0.3, 0.4) is 0 Å². The fourth-order valence-electron chi connectivity index (χ4n) is 4.49. The molecule has 3 atom stereocenters. The first-order valence-corrected chi connectivity index (χ1v) is 12.3. The molecule has 4 rings (SSSR count). The molecular weight excluding hydrogens is 434 g/mol. The maximum Gasteiger partial charge on any atom is 0.411 e. The smallest absolute Gasteiger partial charge is 0.411 e. The summed E-state index contributed by atoms with van der Waals surface area (Å²) < 4.78 is 6.09. The summed E-state index contributed by atoms with van der Waals surface area (Å²) in [5, 5.41) is 19.2. The zero-order valence-corrected chi connectivity index (χ0v) is 19.9. The van der Waals surface area contributed by atoms with Crippen LogP contribution in [0, 0.1) is 0 Å². The number of aliphatic hydroxyl groups excluding tert-OH is 2. The van der Waals surface area contributed by atoms with E-state index >= 15 is 0 Å². The topological polar surface area (TPSA) is 70.0 Å². The van der Waals surface area contributed by atoms with Gasteiger partial charge in [-0.2, -0.15) is 0 Å². The second kappa shape index (κ2) is 10.1. The molecule has 0 bridgehead atoms. The number of hydrogen-bond donors (Lipinski definition) is 2. The van der Waals surface area contributed by atoms with Crippen LogP contribution in [0.2, 0.25) is 0 Å². The number of thiophene rings is 1. The van der Waals surface area contributed by atoms with Crippen molar-refractivity contribution in [2.75, 3.05) is 13.2 Å². The average Bonchev–Trinajstić information content (AvgIpc) is 3.34. The Kier molecular flexibility index (Phi) is 7.17. The van der Waals surface area contributed by atoms with Crippen LogP contribution in [0.1, 0.15) is 61.3 Å². The Hall–Kier alpha value is -2.67. The molecule has 1 saturated heterocycles. The van der Waals surface area contributed by atoms with Gasteiger partial charge in [0.2, 0.25) is 0 Å². The highest BCUT2D eigenvalue weighted by molar-refractivity contribution is 7.15. The van der Waals surface area contributed by atoms with E-state index in [9.17, 15) is 15.0 Å². The average molecular weight is 466 g/mol. The molecule has 3 unspecified atom stereocenters. The van der Waals surface area contributed by atoms with Crippen LogP contribution in [-0.4, -0.2) is 34.4 Å². The third-order valence-electron chi connectivity index (χ3n) is 6.50. The molecule has 33 heavy (non-hydrogen) atoms. The molecule has 0 radical (unpaired) electrons. The number of nitrogens with zero attached hydrogens (tertiary/aromatic N) is 1. The van der Waals surface area contributed by atoms with Crippen LogP contribution in [0.5, 0.6) is 0 Å². The van der Waals surface area contributed by atoms with Gasteiger partial charge in [0.05, 0.1) is 12.1 Å². The molecule has 0 aliphatic carbocycles. The number of carbonyl (C=O) groups excluding carboxylic acids is 1. The summed E-state index contributed by atoms with van der Waals surface area (Å²) in [5.74, 6) is 0. The van der Waals surface area contributed by atoms with Crippen molar-refractivity contribution in [2.24, 2.45) is 0 Å². The largest absolute Gasteiger partial charge is 0.438 e. The second-order valence-corrected chi connectivity index (χ2v) is 9.79. The van der Waals surface area contributed by atoms with Crippen molar-refractivity contribution < 1.29 is 19.7 Å². The highest BCUT2D eigenvalue weighted by Crippen LogP contribution is 2.40. The summed E-state index contributed by atoms with van der Waals surface area (Å²) in [5.41, 5.74) is 2.43. The first-order valence-electron chi connectivity index (χ1n) is 11.5. The van der Waals surface area contributed by atoms with Gasteiger partial charge in [0, 0.05) is 29.3 Å².